The minimum Gasteiger partial charge on any atom is -0.348 e. The number of rotatable bonds is 8. The monoisotopic (exact) mass is 482 g/mol. The Labute approximate surface area is 212 Å². The second kappa shape index (κ2) is 11.0. The molecule has 5 rings (SSSR count). The summed E-state index contributed by atoms with van der Waals surface area (Å²) in [4.78, 5) is 32.9. The van der Waals surface area contributed by atoms with Crippen molar-refractivity contribution >= 4 is 16.8 Å². The van der Waals surface area contributed by atoms with Gasteiger partial charge in [-0.2, -0.15) is 0 Å². The molecule has 1 N–H and O–H groups in total. The molecule has 1 aliphatic rings. The molecule has 7 heteroatoms. The van der Waals surface area contributed by atoms with Gasteiger partial charge in [-0.05, 0) is 31.5 Å². The topological polar surface area (TPSA) is 68.4 Å². The number of fused-ring (bicyclic) bond motifs is 1. The van der Waals surface area contributed by atoms with Gasteiger partial charge in [0.05, 0.1) is 18.1 Å². The molecule has 1 aliphatic heterocycles. The zero-order valence-corrected chi connectivity index (χ0v) is 21.1. The van der Waals surface area contributed by atoms with Crippen molar-refractivity contribution in [1.82, 2.24) is 29.7 Å². The Bertz CT molecular complexity index is 1290. The molecule has 2 aromatic carbocycles. The number of carbonyl (C=O) groups is 1. The highest BCUT2D eigenvalue weighted by Gasteiger charge is 2.31. The summed E-state index contributed by atoms with van der Waals surface area (Å²) in [6.45, 7) is 9.92. The number of nitrogens with zero attached hydrogens (tertiary/aromatic N) is 5. The average molecular weight is 483 g/mol. The molecule has 1 amide bonds. The number of aromatic nitrogens is 3. The number of amides is 1. The Morgan fingerprint density at radius 1 is 0.917 bits per heavy atom. The van der Waals surface area contributed by atoms with Crippen molar-refractivity contribution in [2.75, 3.05) is 39.3 Å². The van der Waals surface area contributed by atoms with E-state index in [4.69, 9.17) is 4.98 Å². The molecule has 4 aromatic rings. The second-order valence-electron chi connectivity index (χ2n) is 9.24. The number of carbonyl (C=O) groups excluding carboxylic acids is 1. The molecule has 7 nitrogen and oxygen atoms in total. The van der Waals surface area contributed by atoms with E-state index in [1.807, 2.05) is 55.4 Å². The van der Waals surface area contributed by atoms with Crippen molar-refractivity contribution in [3.05, 3.63) is 95.7 Å². The Hall–Kier alpha value is -3.55. The summed E-state index contributed by atoms with van der Waals surface area (Å²) in [7, 11) is 0. The molecule has 1 atom stereocenters. The van der Waals surface area contributed by atoms with Crippen LogP contribution < -0.4 is 0 Å². The van der Waals surface area contributed by atoms with E-state index in [9.17, 15) is 4.79 Å². The Morgan fingerprint density at radius 2 is 1.67 bits per heavy atom. The number of hydrogen-bond donors (Lipinski definition) is 1. The zero-order valence-electron chi connectivity index (χ0n) is 21.1. The van der Waals surface area contributed by atoms with Gasteiger partial charge in [0, 0.05) is 74.4 Å². The third-order valence-electron chi connectivity index (χ3n) is 7.20. The lowest BCUT2D eigenvalue weighted by atomic mass is 9.90. The molecule has 0 saturated carbocycles. The van der Waals surface area contributed by atoms with Crippen molar-refractivity contribution in [2.45, 2.75) is 26.4 Å². The molecule has 1 unspecified atom stereocenters. The first-order chi connectivity index (χ1) is 17.7. The highest BCUT2D eigenvalue weighted by atomic mass is 16.2. The van der Waals surface area contributed by atoms with Crippen molar-refractivity contribution < 1.29 is 4.79 Å². The number of H-pyrrole nitrogens is 1. The summed E-state index contributed by atoms with van der Waals surface area (Å²) < 4.78 is 0. The van der Waals surface area contributed by atoms with Gasteiger partial charge in [0.25, 0.3) is 5.91 Å². The summed E-state index contributed by atoms with van der Waals surface area (Å²) in [6.07, 6.45) is 5.54. The van der Waals surface area contributed by atoms with Crippen LogP contribution in [0.1, 0.15) is 47.2 Å². The third kappa shape index (κ3) is 4.90. The van der Waals surface area contributed by atoms with E-state index >= 15 is 0 Å². The van der Waals surface area contributed by atoms with Gasteiger partial charge in [-0.1, -0.05) is 42.5 Å². The highest BCUT2D eigenvalue weighted by Crippen LogP contribution is 2.35. The maximum absolute atomic E-state index is 13.6. The molecule has 1 fully saturated rings. The van der Waals surface area contributed by atoms with Crippen LogP contribution >= 0.6 is 0 Å². The number of piperazine rings is 1. The quantitative estimate of drug-likeness (QED) is 0.405. The predicted octanol–water partition coefficient (Wildman–Crippen LogP) is 4.35. The van der Waals surface area contributed by atoms with E-state index in [2.05, 4.69) is 50.1 Å². The summed E-state index contributed by atoms with van der Waals surface area (Å²) in [5.41, 5.74) is 3.96. The van der Waals surface area contributed by atoms with E-state index in [-0.39, 0.29) is 11.9 Å². The van der Waals surface area contributed by atoms with E-state index in [0.29, 0.717) is 13.1 Å². The van der Waals surface area contributed by atoms with E-state index in [1.54, 1.807) is 6.20 Å². The molecule has 1 saturated heterocycles. The van der Waals surface area contributed by atoms with Crippen LogP contribution in [0.5, 0.6) is 0 Å². The van der Waals surface area contributed by atoms with Crippen LogP contribution in [0.15, 0.2) is 73.2 Å². The number of imidazole rings is 1. The molecule has 0 aliphatic carbocycles. The third-order valence-corrected chi connectivity index (χ3v) is 7.20. The lowest BCUT2D eigenvalue weighted by molar-refractivity contribution is 0.0764. The normalized spacial score (nSPS) is 15.7. The number of para-hydroxylation sites is 1. The van der Waals surface area contributed by atoms with E-state index in [1.165, 1.54) is 0 Å². The summed E-state index contributed by atoms with van der Waals surface area (Å²) in [5.74, 6) is 1.08. The summed E-state index contributed by atoms with van der Waals surface area (Å²) in [5, 5.41) is 1.11. The number of benzene rings is 2. The van der Waals surface area contributed by atoms with Gasteiger partial charge in [0.2, 0.25) is 0 Å². The Balaban J connectivity index is 1.54. The first-order valence-electron chi connectivity index (χ1n) is 12.9. The standard InChI is InChI=1S/C29H34N6O/c1-3-34(4-2)29(36)24-12-6-5-11-23(24)28(25-13-7-9-22-10-8-14-32-27(22)25)35-19-17-33(18-20-35)21-26-30-15-16-31-26/h5-16,28H,3-4,17-21H2,1-2H3,(H,30,31). The maximum atomic E-state index is 13.6. The number of hydrogen-bond acceptors (Lipinski definition) is 5. The fraction of sp³-hybridized carbons (Fsp3) is 0.345. The first-order valence-corrected chi connectivity index (χ1v) is 12.9. The molecular weight excluding hydrogens is 448 g/mol. The second-order valence-corrected chi connectivity index (χ2v) is 9.24. The average Bonchev–Trinajstić information content (AvgIpc) is 3.44. The molecule has 186 valence electrons. The van der Waals surface area contributed by atoms with Crippen molar-refractivity contribution in [1.29, 1.82) is 0 Å². The minimum absolute atomic E-state index is 0.0647. The van der Waals surface area contributed by atoms with Crippen LogP contribution in [0.3, 0.4) is 0 Å². The molecule has 0 bridgehead atoms. The molecular formula is C29H34N6O. The van der Waals surface area contributed by atoms with Gasteiger partial charge in [0.1, 0.15) is 5.82 Å². The lowest BCUT2D eigenvalue weighted by Crippen LogP contribution is -2.48. The number of nitrogens with one attached hydrogen (secondary N) is 1. The van der Waals surface area contributed by atoms with Gasteiger partial charge in [0.15, 0.2) is 0 Å². The Morgan fingerprint density at radius 3 is 2.42 bits per heavy atom. The van der Waals surface area contributed by atoms with Crippen molar-refractivity contribution in [3.8, 4) is 0 Å². The fourth-order valence-electron chi connectivity index (χ4n) is 5.30. The van der Waals surface area contributed by atoms with Crippen molar-refractivity contribution in [3.63, 3.8) is 0 Å². The van der Waals surface area contributed by atoms with Gasteiger partial charge in [-0.3, -0.25) is 19.6 Å². The molecule has 36 heavy (non-hydrogen) atoms. The van der Waals surface area contributed by atoms with Gasteiger partial charge in [-0.25, -0.2) is 4.98 Å². The smallest absolute Gasteiger partial charge is 0.254 e. The highest BCUT2D eigenvalue weighted by molar-refractivity contribution is 5.96. The van der Waals surface area contributed by atoms with Crippen LogP contribution in [0, 0.1) is 0 Å². The van der Waals surface area contributed by atoms with Crippen molar-refractivity contribution in [2.24, 2.45) is 0 Å². The predicted molar refractivity (Wildman–Crippen MR) is 143 cm³/mol. The minimum atomic E-state index is -0.0647. The van der Waals surface area contributed by atoms with Crippen LogP contribution in [0.2, 0.25) is 0 Å². The summed E-state index contributed by atoms with van der Waals surface area (Å²) in [6, 6.07) is 18.5. The van der Waals surface area contributed by atoms with Crippen LogP contribution in [-0.2, 0) is 6.54 Å². The molecule has 0 spiro atoms. The fourth-order valence-corrected chi connectivity index (χ4v) is 5.30. The zero-order chi connectivity index (χ0) is 24.9. The van der Waals surface area contributed by atoms with Crippen LogP contribution in [0.25, 0.3) is 10.9 Å². The van der Waals surface area contributed by atoms with E-state index in [0.717, 1.165) is 66.1 Å². The molecule has 2 aromatic heterocycles. The molecule has 0 radical (unpaired) electrons. The largest absolute Gasteiger partial charge is 0.348 e. The molecule has 3 heterocycles. The summed E-state index contributed by atoms with van der Waals surface area (Å²) >= 11 is 0. The lowest BCUT2D eigenvalue weighted by Gasteiger charge is -2.40. The SMILES string of the molecule is CCN(CC)C(=O)c1ccccc1C(c1cccc2cccnc12)N1CCN(Cc2ncc[nH]2)CC1. The maximum Gasteiger partial charge on any atom is 0.254 e. The van der Waals surface area contributed by atoms with E-state index < -0.39 is 0 Å². The Kier molecular flexibility index (Phi) is 7.39. The van der Waals surface area contributed by atoms with Crippen LogP contribution in [0.4, 0.5) is 0 Å². The van der Waals surface area contributed by atoms with Gasteiger partial charge < -0.3 is 9.88 Å². The van der Waals surface area contributed by atoms with Gasteiger partial charge >= 0.3 is 0 Å². The number of aromatic amines is 1. The first kappa shape index (κ1) is 24.2. The number of pyridine rings is 1. The van der Waals surface area contributed by atoms with Crippen LogP contribution in [-0.4, -0.2) is 74.8 Å². The van der Waals surface area contributed by atoms with Gasteiger partial charge in [-0.15, -0.1) is 0 Å².